The Morgan fingerprint density at radius 3 is 2.56 bits per heavy atom. The third-order valence-corrected chi connectivity index (χ3v) is 4.51. The normalized spacial score (nSPS) is 11.6. The summed E-state index contributed by atoms with van der Waals surface area (Å²) in [6.07, 6.45) is 0.654. The lowest BCUT2D eigenvalue weighted by Crippen LogP contribution is -2.28. The van der Waals surface area contributed by atoms with Gasteiger partial charge in [-0.1, -0.05) is 25.1 Å². The molecule has 1 aromatic rings. The van der Waals surface area contributed by atoms with Gasteiger partial charge < -0.3 is 0 Å². The van der Waals surface area contributed by atoms with Crippen molar-refractivity contribution in [1.82, 2.24) is 4.72 Å². The summed E-state index contributed by atoms with van der Waals surface area (Å²) in [5.74, 6) is 0.968. The van der Waals surface area contributed by atoms with E-state index >= 15 is 0 Å². The molecule has 0 saturated heterocycles. The van der Waals surface area contributed by atoms with Crippen LogP contribution in [-0.4, -0.2) is 26.5 Å². The van der Waals surface area contributed by atoms with Crippen molar-refractivity contribution >= 4 is 21.8 Å². The first kappa shape index (κ1) is 13.5. The molecule has 0 spiro atoms. The van der Waals surface area contributed by atoms with Crippen molar-refractivity contribution in [2.75, 3.05) is 18.1 Å². The molecule has 0 amide bonds. The van der Waals surface area contributed by atoms with E-state index in [2.05, 4.69) is 4.72 Å². The molecule has 0 heterocycles. The molecule has 0 radical (unpaired) electrons. The van der Waals surface area contributed by atoms with Gasteiger partial charge in [0.25, 0.3) is 0 Å². The Hall–Kier alpha value is -0.520. The Balaban J connectivity index is 2.22. The average molecular weight is 259 g/mol. The van der Waals surface area contributed by atoms with Gasteiger partial charge in [-0.2, -0.15) is 0 Å². The quantitative estimate of drug-likeness (QED) is 0.602. The summed E-state index contributed by atoms with van der Waals surface area (Å²) in [5, 5.41) is 0. The molecule has 0 unspecified atom stereocenters. The van der Waals surface area contributed by atoms with Crippen LogP contribution < -0.4 is 4.72 Å². The standard InChI is InChI=1S/C11H17NO2S2/c1-2-10-16(13,14)12-8-9-15-11-6-4-3-5-7-11/h3-7,12H,2,8-10H2,1H3. The van der Waals surface area contributed by atoms with Crippen molar-refractivity contribution in [3.8, 4) is 0 Å². The first-order valence-corrected chi connectivity index (χ1v) is 7.93. The van der Waals surface area contributed by atoms with E-state index in [1.54, 1.807) is 11.8 Å². The summed E-state index contributed by atoms with van der Waals surface area (Å²) in [4.78, 5) is 1.16. The van der Waals surface area contributed by atoms with Gasteiger partial charge in [-0.25, -0.2) is 13.1 Å². The van der Waals surface area contributed by atoms with E-state index in [1.807, 2.05) is 37.3 Å². The minimum absolute atomic E-state index is 0.211. The minimum atomic E-state index is -3.05. The molecule has 5 heteroatoms. The smallest absolute Gasteiger partial charge is 0.211 e. The molecule has 0 aliphatic carbocycles. The molecule has 90 valence electrons. The molecular formula is C11H17NO2S2. The van der Waals surface area contributed by atoms with E-state index in [9.17, 15) is 8.42 Å². The van der Waals surface area contributed by atoms with Gasteiger partial charge in [0.15, 0.2) is 0 Å². The van der Waals surface area contributed by atoms with Crippen molar-refractivity contribution < 1.29 is 8.42 Å². The summed E-state index contributed by atoms with van der Waals surface area (Å²) in [6, 6.07) is 9.96. The van der Waals surface area contributed by atoms with Crippen molar-refractivity contribution in [2.45, 2.75) is 18.2 Å². The predicted molar refractivity (Wildman–Crippen MR) is 69.2 cm³/mol. The molecule has 3 nitrogen and oxygen atoms in total. The molecule has 1 N–H and O–H groups in total. The van der Waals surface area contributed by atoms with Crippen LogP contribution in [0.1, 0.15) is 13.3 Å². The maximum atomic E-state index is 11.3. The fraction of sp³-hybridized carbons (Fsp3) is 0.455. The molecule has 0 aliphatic rings. The predicted octanol–water partition coefficient (Wildman–Crippen LogP) is 2.11. The Morgan fingerprint density at radius 1 is 1.25 bits per heavy atom. The van der Waals surface area contributed by atoms with Crippen molar-refractivity contribution in [1.29, 1.82) is 0 Å². The molecule has 0 aliphatic heterocycles. The highest BCUT2D eigenvalue weighted by Gasteiger charge is 2.06. The van der Waals surface area contributed by atoms with E-state index < -0.39 is 10.0 Å². The second kappa shape index (κ2) is 6.93. The Kier molecular flexibility index (Phi) is 5.87. The van der Waals surface area contributed by atoms with Gasteiger partial charge in [0.05, 0.1) is 5.75 Å². The lowest BCUT2D eigenvalue weighted by molar-refractivity contribution is 0.583. The first-order valence-electron chi connectivity index (χ1n) is 5.29. The van der Waals surface area contributed by atoms with Crippen LogP contribution >= 0.6 is 11.8 Å². The van der Waals surface area contributed by atoms with Crippen molar-refractivity contribution in [3.05, 3.63) is 30.3 Å². The van der Waals surface area contributed by atoms with E-state index in [1.165, 1.54) is 0 Å². The maximum absolute atomic E-state index is 11.3. The highest BCUT2D eigenvalue weighted by atomic mass is 32.2. The molecule has 16 heavy (non-hydrogen) atoms. The third-order valence-electron chi connectivity index (χ3n) is 1.91. The number of sulfonamides is 1. The zero-order valence-electron chi connectivity index (χ0n) is 9.35. The van der Waals surface area contributed by atoms with Crippen LogP contribution in [0.15, 0.2) is 35.2 Å². The molecule has 0 atom stereocenters. The van der Waals surface area contributed by atoms with E-state index in [-0.39, 0.29) is 5.75 Å². The molecule has 1 rings (SSSR count). The zero-order valence-corrected chi connectivity index (χ0v) is 11.0. The van der Waals surface area contributed by atoms with Crippen LogP contribution in [0, 0.1) is 0 Å². The van der Waals surface area contributed by atoms with Crippen LogP contribution in [0.25, 0.3) is 0 Å². The number of benzene rings is 1. The van der Waals surface area contributed by atoms with Crippen molar-refractivity contribution in [3.63, 3.8) is 0 Å². The summed E-state index contributed by atoms with van der Waals surface area (Å²) in [5.41, 5.74) is 0. The lowest BCUT2D eigenvalue weighted by atomic mass is 10.4. The van der Waals surface area contributed by atoms with Crippen LogP contribution in [0.5, 0.6) is 0 Å². The summed E-state index contributed by atoms with van der Waals surface area (Å²) >= 11 is 1.65. The van der Waals surface area contributed by atoms with E-state index in [0.29, 0.717) is 13.0 Å². The van der Waals surface area contributed by atoms with Gasteiger partial charge in [-0.15, -0.1) is 11.8 Å². The monoisotopic (exact) mass is 259 g/mol. The van der Waals surface area contributed by atoms with Crippen LogP contribution in [0.2, 0.25) is 0 Å². The van der Waals surface area contributed by atoms with Crippen LogP contribution in [0.4, 0.5) is 0 Å². The van der Waals surface area contributed by atoms with Crippen LogP contribution in [0.3, 0.4) is 0 Å². The van der Waals surface area contributed by atoms with Crippen molar-refractivity contribution in [2.24, 2.45) is 0 Å². The van der Waals surface area contributed by atoms with E-state index in [4.69, 9.17) is 0 Å². The minimum Gasteiger partial charge on any atom is -0.214 e. The largest absolute Gasteiger partial charge is 0.214 e. The first-order chi connectivity index (χ1) is 7.64. The highest BCUT2D eigenvalue weighted by molar-refractivity contribution is 7.99. The topological polar surface area (TPSA) is 46.2 Å². The molecule has 0 saturated carbocycles. The second-order valence-electron chi connectivity index (χ2n) is 3.37. The molecule has 0 fully saturated rings. The van der Waals surface area contributed by atoms with Gasteiger partial charge >= 0.3 is 0 Å². The molecular weight excluding hydrogens is 242 g/mol. The summed E-state index contributed by atoms with van der Waals surface area (Å²) in [7, 11) is -3.05. The fourth-order valence-corrected chi connectivity index (χ4v) is 3.24. The lowest BCUT2D eigenvalue weighted by Gasteiger charge is -2.05. The Labute approximate surface area is 102 Å². The number of nitrogens with one attached hydrogen (secondary N) is 1. The number of hydrogen-bond acceptors (Lipinski definition) is 3. The number of rotatable bonds is 7. The van der Waals surface area contributed by atoms with Gasteiger partial charge in [0.1, 0.15) is 0 Å². The second-order valence-corrected chi connectivity index (χ2v) is 6.47. The SMILES string of the molecule is CCCS(=O)(=O)NCCSc1ccccc1. The number of thioether (sulfide) groups is 1. The average Bonchev–Trinajstić information content (AvgIpc) is 2.26. The number of hydrogen-bond donors (Lipinski definition) is 1. The maximum Gasteiger partial charge on any atom is 0.211 e. The summed E-state index contributed by atoms with van der Waals surface area (Å²) < 4.78 is 25.2. The van der Waals surface area contributed by atoms with Gasteiger partial charge in [-0.3, -0.25) is 0 Å². The van der Waals surface area contributed by atoms with Crippen LogP contribution in [-0.2, 0) is 10.0 Å². The zero-order chi connectivity index (χ0) is 11.9. The molecule has 1 aromatic carbocycles. The van der Waals surface area contributed by atoms with Gasteiger partial charge in [0.2, 0.25) is 10.0 Å². The highest BCUT2D eigenvalue weighted by Crippen LogP contribution is 2.15. The molecule has 0 bridgehead atoms. The molecule has 0 aromatic heterocycles. The van der Waals surface area contributed by atoms with E-state index in [0.717, 1.165) is 10.6 Å². The van der Waals surface area contributed by atoms with Gasteiger partial charge in [0, 0.05) is 17.2 Å². The fourth-order valence-electron chi connectivity index (χ4n) is 1.22. The Morgan fingerprint density at radius 2 is 1.94 bits per heavy atom. The van der Waals surface area contributed by atoms with Gasteiger partial charge in [-0.05, 0) is 18.6 Å². The third kappa shape index (κ3) is 5.53. The summed E-state index contributed by atoms with van der Waals surface area (Å²) in [6.45, 7) is 2.35. The Bertz CT molecular complexity index is 390.